The van der Waals surface area contributed by atoms with Crippen molar-refractivity contribution in [2.45, 2.75) is 53.4 Å². The van der Waals surface area contributed by atoms with Crippen molar-refractivity contribution in [2.24, 2.45) is 7.05 Å². The van der Waals surface area contributed by atoms with Gasteiger partial charge in [-0.15, -0.1) is 0 Å². The number of benzene rings is 3. The molecule has 3 heteroatoms. The zero-order valence-corrected chi connectivity index (χ0v) is 19.7. The van der Waals surface area contributed by atoms with Crippen molar-refractivity contribution >= 4 is 33.4 Å². The molecule has 0 radical (unpaired) electrons. The van der Waals surface area contributed by atoms with Crippen LogP contribution in [0.4, 0.5) is 0 Å². The first-order chi connectivity index (χ1) is 15.4. The van der Waals surface area contributed by atoms with E-state index < -0.39 is 0 Å². The molecule has 0 bridgehead atoms. The number of carbonyl (C=O) groups is 2. The molecule has 0 aliphatic heterocycles. The van der Waals surface area contributed by atoms with Gasteiger partial charge < -0.3 is 4.57 Å². The molecule has 32 heavy (non-hydrogen) atoms. The minimum Gasteiger partial charge on any atom is -0.344 e. The lowest BCUT2D eigenvalue weighted by Gasteiger charge is -2.15. The lowest BCUT2D eigenvalue weighted by molar-refractivity contribution is -0.116. The molecule has 0 unspecified atom stereocenters. The topological polar surface area (TPSA) is 39.1 Å². The van der Waals surface area contributed by atoms with Crippen LogP contribution in [-0.4, -0.2) is 16.1 Å². The summed E-state index contributed by atoms with van der Waals surface area (Å²) in [4.78, 5) is 25.4. The predicted molar refractivity (Wildman–Crippen MR) is 133 cm³/mol. The van der Waals surface area contributed by atoms with Crippen molar-refractivity contribution in [3.8, 4) is 0 Å². The molecule has 0 aliphatic carbocycles. The van der Waals surface area contributed by atoms with E-state index in [-0.39, 0.29) is 11.6 Å². The van der Waals surface area contributed by atoms with Gasteiger partial charge in [-0.1, -0.05) is 39.0 Å². The molecule has 1 aromatic heterocycles. The van der Waals surface area contributed by atoms with Crippen LogP contribution in [0.15, 0.2) is 48.5 Å². The van der Waals surface area contributed by atoms with Gasteiger partial charge in [-0.25, -0.2) is 0 Å². The summed E-state index contributed by atoms with van der Waals surface area (Å²) in [5.74, 6) is 0.246. The monoisotopic (exact) mass is 425 g/mol. The van der Waals surface area contributed by atoms with Crippen LogP contribution in [0.3, 0.4) is 0 Å². The summed E-state index contributed by atoms with van der Waals surface area (Å²) in [6, 6.07) is 16.6. The van der Waals surface area contributed by atoms with Gasteiger partial charge in [0.05, 0.1) is 0 Å². The van der Waals surface area contributed by atoms with Crippen molar-refractivity contribution < 1.29 is 9.59 Å². The Labute approximate surface area is 190 Å². The van der Waals surface area contributed by atoms with Gasteiger partial charge in [-0.3, -0.25) is 9.59 Å². The second kappa shape index (κ2) is 8.74. The molecule has 164 valence electrons. The Hall–Kier alpha value is -3.20. The highest BCUT2D eigenvalue weighted by Crippen LogP contribution is 2.31. The lowest BCUT2D eigenvalue weighted by atomic mass is 9.88. The zero-order valence-electron chi connectivity index (χ0n) is 19.7. The Kier molecular flexibility index (Phi) is 6.01. The molecule has 3 aromatic carbocycles. The molecule has 0 saturated heterocycles. The first-order valence-corrected chi connectivity index (χ1v) is 11.6. The quantitative estimate of drug-likeness (QED) is 0.322. The predicted octanol–water partition coefficient (Wildman–Crippen LogP) is 6.38. The van der Waals surface area contributed by atoms with E-state index in [2.05, 4.69) is 49.6 Å². The largest absolute Gasteiger partial charge is 0.344 e. The van der Waals surface area contributed by atoms with E-state index in [9.17, 15) is 9.59 Å². The molecule has 0 saturated carbocycles. The Bertz CT molecular complexity index is 1330. The van der Waals surface area contributed by atoms with E-state index in [0.29, 0.717) is 6.42 Å². The summed E-state index contributed by atoms with van der Waals surface area (Å²) >= 11 is 0. The standard InChI is InChI=1S/C29H31NO2/c1-6-19-14-21(7-2)28(22(8-3)15-19)29(32)23-10-12-27-25(17-23)24-16-20(13-18(4)31)9-11-26(24)30(27)5/h9-12,14-17H,6-8,13H2,1-5H3. The fourth-order valence-corrected chi connectivity index (χ4v) is 4.84. The van der Waals surface area contributed by atoms with Gasteiger partial charge in [0.2, 0.25) is 0 Å². The highest BCUT2D eigenvalue weighted by atomic mass is 16.1. The Balaban J connectivity index is 1.89. The van der Waals surface area contributed by atoms with E-state index >= 15 is 0 Å². The Morgan fingerprint density at radius 2 is 1.34 bits per heavy atom. The average Bonchev–Trinajstić information content (AvgIpc) is 3.08. The maximum absolute atomic E-state index is 13.8. The summed E-state index contributed by atoms with van der Waals surface area (Å²) in [5.41, 5.74) is 8.33. The zero-order chi connectivity index (χ0) is 23.0. The first-order valence-electron chi connectivity index (χ1n) is 11.6. The van der Waals surface area contributed by atoms with Gasteiger partial charge in [0.1, 0.15) is 5.78 Å². The summed E-state index contributed by atoms with van der Waals surface area (Å²) < 4.78 is 2.15. The third-order valence-electron chi connectivity index (χ3n) is 6.54. The van der Waals surface area contributed by atoms with Crippen molar-refractivity contribution in [2.75, 3.05) is 0 Å². The van der Waals surface area contributed by atoms with Crippen molar-refractivity contribution in [3.05, 3.63) is 81.9 Å². The van der Waals surface area contributed by atoms with Crippen molar-refractivity contribution in [3.63, 3.8) is 0 Å². The molecular weight excluding hydrogens is 394 g/mol. The fourth-order valence-electron chi connectivity index (χ4n) is 4.84. The van der Waals surface area contributed by atoms with E-state index in [0.717, 1.165) is 68.9 Å². The van der Waals surface area contributed by atoms with E-state index in [1.54, 1.807) is 6.92 Å². The van der Waals surface area contributed by atoms with Crippen LogP contribution in [0.25, 0.3) is 21.8 Å². The highest BCUT2D eigenvalue weighted by molar-refractivity contribution is 6.15. The van der Waals surface area contributed by atoms with Crippen molar-refractivity contribution in [1.82, 2.24) is 4.57 Å². The summed E-state index contributed by atoms with van der Waals surface area (Å²) in [7, 11) is 2.05. The molecule has 0 amide bonds. The number of carbonyl (C=O) groups excluding carboxylic acids is 2. The number of nitrogens with zero attached hydrogens (tertiary/aromatic N) is 1. The molecule has 0 N–H and O–H groups in total. The third-order valence-corrected chi connectivity index (χ3v) is 6.54. The van der Waals surface area contributed by atoms with Gasteiger partial charge >= 0.3 is 0 Å². The molecule has 0 fully saturated rings. The Morgan fingerprint density at radius 1 is 0.750 bits per heavy atom. The van der Waals surface area contributed by atoms with Crippen LogP contribution in [0.5, 0.6) is 0 Å². The molecule has 4 rings (SSSR count). The minimum atomic E-state index is 0.0974. The number of ketones is 2. The third kappa shape index (κ3) is 3.77. The Morgan fingerprint density at radius 3 is 1.91 bits per heavy atom. The van der Waals surface area contributed by atoms with Crippen LogP contribution in [0, 0.1) is 0 Å². The van der Waals surface area contributed by atoms with E-state index in [1.165, 1.54) is 5.56 Å². The van der Waals surface area contributed by atoms with Crippen LogP contribution >= 0.6 is 0 Å². The molecule has 1 heterocycles. The second-order valence-electron chi connectivity index (χ2n) is 8.70. The number of hydrogen-bond donors (Lipinski definition) is 0. The smallest absolute Gasteiger partial charge is 0.193 e. The van der Waals surface area contributed by atoms with Crippen LogP contribution in [0.2, 0.25) is 0 Å². The fraction of sp³-hybridized carbons (Fsp3) is 0.310. The number of aryl methyl sites for hydroxylation is 4. The van der Waals surface area contributed by atoms with Crippen LogP contribution in [0.1, 0.15) is 65.9 Å². The van der Waals surface area contributed by atoms with E-state index in [1.807, 2.05) is 31.3 Å². The number of hydrogen-bond acceptors (Lipinski definition) is 2. The van der Waals surface area contributed by atoms with Crippen LogP contribution < -0.4 is 0 Å². The van der Waals surface area contributed by atoms with Gasteiger partial charge in [0.15, 0.2) is 5.78 Å². The van der Waals surface area contributed by atoms with Gasteiger partial charge in [-0.2, -0.15) is 0 Å². The van der Waals surface area contributed by atoms with Crippen LogP contribution in [-0.2, 0) is 37.5 Å². The molecule has 4 aromatic rings. The maximum Gasteiger partial charge on any atom is 0.193 e. The maximum atomic E-state index is 13.8. The first kappa shape index (κ1) is 22.0. The van der Waals surface area contributed by atoms with Crippen molar-refractivity contribution in [1.29, 1.82) is 0 Å². The number of aromatic nitrogens is 1. The molecule has 0 aliphatic rings. The normalized spacial score (nSPS) is 11.4. The minimum absolute atomic E-state index is 0.0974. The summed E-state index contributed by atoms with van der Waals surface area (Å²) in [5, 5.41) is 2.14. The highest BCUT2D eigenvalue weighted by Gasteiger charge is 2.19. The molecule has 3 nitrogen and oxygen atoms in total. The molecule has 0 atom stereocenters. The number of rotatable bonds is 7. The molecular formula is C29H31NO2. The molecule has 0 spiro atoms. The van der Waals surface area contributed by atoms with Gasteiger partial charge in [-0.05, 0) is 78.8 Å². The van der Waals surface area contributed by atoms with E-state index in [4.69, 9.17) is 0 Å². The number of Topliss-reactive ketones (excluding diaryl/α,β-unsaturated/α-hetero) is 1. The summed E-state index contributed by atoms with van der Waals surface area (Å²) in [6.07, 6.45) is 3.08. The lowest BCUT2D eigenvalue weighted by Crippen LogP contribution is -2.10. The second-order valence-corrected chi connectivity index (χ2v) is 8.70. The SMILES string of the molecule is CCc1cc(CC)c(C(=O)c2ccc3c(c2)c2cc(CC(C)=O)ccc2n3C)c(CC)c1. The van der Waals surface area contributed by atoms with Gasteiger partial charge in [0, 0.05) is 46.4 Å². The van der Waals surface area contributed by atoms with Gasteiger partial charge in [0.25, 0.3) is 0 Å². The summed E-state index contributed by atoms with van der Waals surface area (Å²) in [6.45, 7) is 8.01. The average molecular weight is 426 g/mol. The number of fused-ring (bicyclic) bond motifs is 3.